The number of H-pyrrole nitrogens is 2. The number of aromatic amines is 2. The van der Waals surface area contributed by atoms with E-state index < -0.39 is 23.3 Å². The van der Waals surface area contributed by atoms with Crippen molar-refractivity contribution in [2.45, 2.75) is 101 Å². The molecular weight excluding hydrogens is 992 g/mol. The number of nitrogens with zero attached hydrogens (tertiary/aromatic N) is 4. The summed E-state index contributed by atoms with van der Waals surface area (Å²) in [5.74, 6) is 0.726. The predicted octanol–water partition coefficient (Wildman–Crippen LogP) is 8.48. The number of aryl methyl sites for hydroxylation is 3. The summed E-state index contributed by atoms with van der Waals surface area (Å²) >= 11 is 12.5. The molecule has 6 aromatic rings. The number of aromatic nitrogens is 4. The van der Waals surface area contributed by atoms with Gasteiger partial charge in [-0.1, -0.05) is 109 Å². The maximum atomic E-state index is 13.8. The summed E-state index contributed by atoms with van der Waals surface area (Å²) < 4.78 is 18.1. The predicted molar refractivity (Wildman–Crippen MR) is 288 cm³/mol. The maximum absolute atomic E-state index is 13.8. The van der Waals surface area contributed by atoms with Gasteiger partial charge in [0.2, 0.25) is 23.6 Å². The number of rotatable bonds is 24. The van der Waals surface area contributed by atoms with E-state index in [1.54, 1.807) is 55.3 Å². The zero-order chi connectivity index (χ0) is 52.8. The van der Waals surface area contributed by atoms with Gasteiger partial charge in [0.1, 0.15) is 29.0 Å². The molecule has 1 aliphatic carbocycles. The second-order valence-electron chi connectivity index (χ2n) is 19.9. The Labute approximate surface area is 449 Å². The molecule has 15 nitrogen and oxygen atoms in total. The Morgan fingerprint density at radius 3 is 1.87 bits per heavy atom. The molecule has 0 spiro atoms. The van der Waals surface area contributed by atoms with Crippen LogP contribution in [0.15, 0.2) is 122 Å². The highest BCUT2D eigenvalue weighted by molar-refractivity contribution is 6.35. The molecule has 0 bridgehead atoms. The number of halogens is 2. The molecule has 75 heavy (non-hydrogen) atoms. The fraction of sp³-hybridized carbons (Fsp3) is 0.414. The summed E-state index contributed by atoms with van der Waals surface area (Å²) in [6.07, 6.45) is 13.2. The van der Waals surface area contributed by atoms with Gasteiger partial charge in [-0.05, 0) is 97.0 Å². The molecule has 4 amide bonds. The van der Waals surface area contributed by atoms with E-state index in [2.05, 4.69) is 56.5 Å². The number of benzene rings is 4. The summed E-state index contributed by atoms with van der Waals surface area (Å²) in [4.78, 5) is 70.9. The van der Waals surface area contributed by atoms with E-state index in [0.29, 0.717) is 68.0 Å². The van der Waals surface area contributed by atoms with Crippen LogP contribution in [0, 0.1) is 12.8 Å². The van der Waals surface area contributed by atoms with E-state index in [0.717, 1.165) is 64.4 Å². The Hall–Kier alpha value is -6.52. The van der Waals surface area contributed by atoms with Crippen LogP contribution in [0.2, 0.25) is 10.0 Å². The largest absolute Gasteiger partial charge is 0.497 e. The minimum atomic E-state index is -0.769. The van der Waals surface area contributed by atoms with Gasteiger partial charge < -0.3 is 44.6 Å². The van der Waals surface area contributed by atoms with E-state index >= 15 is 0 Å². The Balaban J connectivity index is 0.000000199. The quantitative estimate of drug-likeness (QED) is 0.0432. The number of amides is 4. The topological polar surface area (TPSA) is 184 Å². The van der Waals surface area contributed by atoms with Crippen molar-refractivity contribution in [1.82, 2.24) is 40.4 Å². The molecule has 4 aromatic carbocycles. The second-order valence-corrected chi connectivity index (χ2v) is 20.7. The van der Waals surface area contributed by atoms with Crippen LogP contribution in [-0.2, 0) is 65.5 Å². The molecule has 2 aliphatic heterocycles. The van der Waals surface area contributed by atoms with Crippen molar-refractivity contribution in [2.24, 2.45) is 5.92 Å². The van der Waals surface area contributed by atoms with E-state index in [-0.39, 0.29) is 42.9 Å². The molecule has 4 N–H and O–H groups in total. The summed E-state index contributed by atoms with van der Waals surface area (Å²) in [5.41, 5.74) is 5.61. The molecule has 2 aromatic heterocycles. The highest BCUT2D eigenvalue weighted by Crippen LogP contribution is 2.41. The Morgan fingerprint density at radius 2 is 1.32 bits per heavy atom. The molecule has 2 saturated heterocycles. The summed E-state index contributed by atoms with van der Waals surface area (Å²) in [6.45, 7) is 7.36. The fourth-order valence-corrected chi connectivity index (χ4v) is 10.1. The van der Waals surface area contributed by atoms with Crippen molar-refractivity contribution in [3.05, 3.63) is 171 Å². The van der Waals surface area contributed by atoms with Gasteiger partial charge in [-0.3, -0.25) is 19.2 Å². The number of imidazole rings is 2. The maximum Gasteiger partial charge on any atom is 0.245 e. The Morgan fingerprint density at radius 1 is 0.733 bits per heavy atom. The number of carbonyl (C=O) groups excluding carboxylic acids is 4. The van der Waals surface area contributed by atoms with Crippen molar-refractivity contribution in [1.29, 1.82) is 0 Å². The molecular formula is C58H68Cl2N8O7. The standard InChI is InChI=1S/C30H36N4O4.C28H32Cl2N4O3/c1-21-5-3-4-6-26(21)30(38-17-23-7-8-23)18-34(19-30)29(36)27(15-22-9-12-25(37-2)13-10-22)33-28(35)14-11-24-16-31-20-32-24;1-2-3-13-37-28(21-7-5-4-6-8-21)17-34(18-28)27(36)25(14-20-9-10-22(29)15-24(20)30)33-26(35)12-11-23-16-31-19-32-23/h3-6,9-10,12-13,16,20,23,27H,7-8,11,14-15,17-19H2,1-2H3,(H,31,32)(H,33,35);4-10,15-16,19,25H,2-3,11-14,17-18H2,1H3,(H,31,32)(H,33,35)/t27-;25-/m11/s1. The van der Waals surface area contributed by atoms with Gasteiger partial charge in [0, 0.05) is 54.7 Å². The first-order chi connectivity index (χ1) is 36.4. The van der Waals surface area contributed by atoms with Crippen LogP contribution < -0.4 is 15.4 Å². The number of carbonyl (C=O) groups is 4. The average molecular weight is 1060 g/mol. The number of nitrogens with one attached hydrogen (secondary N) is 4. The summed E-state index contributed by atoms with van der Waals surface area (Å²) in [5, 5.41) is 6.91. The summed E-state index contributed by atoms with van der Waals surface area (Å²) in [7, 11) is 1.62. The van der Waals surface area contributed by atoms with Crippen molar-refractivity contribution in [2.75, 3.05) is 46.5 Å². The van der Waals surface area contributed by atoms with Gasteiger partial charge in [-0.25, -0.2) is 9.97 Å². The highest BCUT2D eigenvalue weighted by atomic mass is 35.5. The van der Waals surface area contributed by atoms with E-state index in [4.69, 9.17) is 37.4 Å². The SMILES string of the molecule is CCCCOC1(c2ccccc2)CN(C(=O)[C@@H](Cc2ccc(Cl)cc2Cl)NC(=O)CCc2c[nH]cn2)C1.COc1ccc(C[C@@H](NC(=O)CCc2c[nH]cn2)C(=O)N2CC(OCC3CC3)(c3ccccc3C)C2)cc1. The molecule has 0 radical (unpaired) electrons. The molecule has 4 heterocycles. The molecule has 3 aliphatic rings. The van der Waals surface area contributed by atoms with Crippen molar-refractivity contribution in [3.63, 3.8) is 0 Å². The number of methoxy groups -OCH3 is 1. The van der Waals surface area contributed by atoms with Crippen LogP contribution >= 0.6 is 23.2 Å². The third-order valence-corrected chi connectivity index (χ3v) is 14.7. The van der Waals surface area contributed by atoms with Gasteiger partial charge in [0.05, 0.1) is 63.9 Å². The number of hydrogen-bond donors (Lipinski definition) is 4. The molecule has 3 fully saturated rings. The van der Waals surface area contributed by atoms with E-state index in [1.807, 2.05) is 71.6 Å². The Bertz CT molecular complexity index is 2800. The minimum Gasteiger partial charge on any atom is -0.497 e. The third kappa shape index (κ3) is 14.7. The zero-order valence-corrected chi connectivity index (χ0v) is 44.5. The van der Waals surface area contributed by atoms with Crippen LogP contribution in [0.1, 0.15) is 84.7 Å². The van der Waals surface area contributed by atoms with Crippen LogP contribution in [-0.4, -0.2) is 112 Å². The molecule has 17 heteroatoms. The fourth-order valence-electron chi connectivity index (χ4n) is 9.57. The van der Waals surface area contributed by atoms with E-state index in [9.17, 15) is 19.2 Å². The number of unbranched alkanes of at least 4 members (excludes halogenated alkanes) is 1. The van der Waals surface area contributed by atoms with Crippen LogP contribution in [0.25, 0.3) is 0 Å². The van der Waals surface area contributed by atoms with Crippen molar-refractivity contribution < 1.29 is 33.4 Å². The number of hydrogen-bond acceptors (Lipinski definition) is 9. The first kappa shape index (κ1) is 54.7. The van der Waals surface area contributed by atoms with Crippen molar-refractivity contribution >= 4 is 46.8 Å². The number of ether oxygens (including phenoxy) is 3. The van der Waals surface area contributed by atoms with Gasteiger partial charge >= 0.3 is 0 Å². The van der Waals surface area contributed by atoms with Gasteiger partial charge in [-0.15, -0.1) is 0 Å². The van der Waals surface area contributed by atoms with Gasteiger partial charge in [0.25, 0.3) is 0 Å². The zero-order valence-electron chi connectivity index (χ0n) is 43.0. The lowest BCUT2D eigenvalue weighted by Crippen LogP contribution is -2.66. The Kier molecular flexibility index (Phi) is 18.8. The lowest BCUT2D eigenvalue weighted by Gasteiger charge is -2.51. The minimum absolute atomic E-state index is 0.0897. The highest BCUT2D eigenvalue weighted by Gasteiger charge is 2.51. The molecule has 1 saturated carbocycles. The van der Waals surface area contributed by atoms with Crippen molar-refractivity contribution in [3.8, 4) is 5.75 Å². The average Bonchev–Trinajstić information content (AvgIpc) is 3.78. The lowest BCUT2D eigenvalue weighted by molar-refractivity contribution is -0.176. The van der Waals surface area contributed by atoms with E-state index in [1.165, 1.54) is 12.8 Å². The first-order valence-corrected chi connectivity index (χ1v) is 26.7. The third-order valence-electron chi connectivity index (χ3n) is 14.1. The van der Waals surface area contributed by atoms with Gasteiger partial charge in [-0.2, -0.15) is 0 Å². The molecule has 2 atom stereocenters. The van der Waals surface area contributed by atoms with Crippen LogP contribution in [0.5, 0.6) is 5.75 Å². The van der Waals surface area contributed by atoms with Crippen LogP contribution in [0.4, 0.5) is 0 Å². The lowest BCUT2D eigenvalue weighted by atomic mass is 9.82. The second kappa shape index (κ2) is 25.8. The molecule has 0 unspecified atom stereocenters. The van der Waals surface area contributed by atoms with Crippen LogP contribution in [0.3, 0.4) is 0 Å². The molecule has 396 valence electrons. The monoisotopic (exact) mass is 1060 g/mol. The molecule has 9 rings (SSSR count). The smallest absolute Gasteiger partial charge is 0.245 e. The first-order valence-electron chi connectivity index (χ1n) is 25.9. The number of likely N-dealkylation sites (tertiary alicyclic amines) is 2. The van der Waals surface area contributed by atoms with Gasteiger partial charge in [0.15, 0.2) is 0 Å². The normalized spacial score (nSPS) is 16.1. The summed E-state index contributed by atoms with van der Waals surface area (Å²) in [6, 6.07) is 29.6.